The van der Waals surface area contributed by atoms with Crippen molar-refractivity contribution in [3.63, 3.8) is 0 Å². The molecule has 0 bridgehead atoms. The predicted molar refractivity (Wildman–Crippen MR) is 81.0 cm³/mol. The van der Waals surface area contributed by atoms with Crippen LogP contribution in [0.3, 0.4) is 0 Å². The summed E-state index contributed by atoms with van der Waals surface area (Å²) in [5, 5.41) is 15.7. The van der Waals surface area contributed by atoms with Gasteiger partial charge in [0, 0.05) is 30.7 Å². The normalized spacial score (nSPS) is 10.8. The summed E-state index contributed by atoms with van der Waals surface area (Å²) in [4.78, 5) is 6.31. The molecule has 0 atom stereocenters. The van der Waals surface area contributed by atoms with Crippen molar-refractivity contribution in [2.45, 2.75) is 6.92 Å². The van der Waals surface area contributed by atoms with Gasteiger partial charge in [-0.05, 0) is 31.2 Å². The van der Waals surface area contributed by atoms with Crippen molar-refractivity contribution in [3.8, 4) is 0 Å². The molecule has 0 unspecified atom stereocenters. The second-order valence-electron chi connectivity index (χ2n) is 4.71. The summed E-state index contributed by atoms with van der Waals surface area (Å²) in [6.45, 7) is 1.89. The van der Waals surface area contributed by atoms with E-state index in [2.05, 4.69) is 15.2 Å². The van der Waals surface area contributed by atoms with Gasteiger partial charge in [0.05, 0.1) is 0 Å². The molecule has 2 aromatic heterocycles. The largest absolute Gasteiger partial charge is 0.384 e. The zero-order valence-electron chi connectivity index (χ0n) is 11.8. The number of nitrogens with one attached hydrogen (secondary N) is 1. The lowest BCUT2D eigenvalue weighted by atomic mass is 10.2. The van der Waals surface area contributed by atoms with Crippen LogP contribution in [0.15, 0.2) is 36.7 Å². The maximum Gasteiger partial charge on any atom is 0.204 e. The molecule has 0 radical (unpaired) electrons. The monoisotopic (exact) mass is 281 g/mol. The van der Waals surface area contributed by atoms with E-state index in [1.165, 1.54) is 0 Å². The Bertz CT molecular complexity index is 804. The van der Waals surface area contributed by atoms with Crippen LogP contribution in [0.4, 0.5) is 11.5 Å². The average Bonchev–Trinajstić information content (AvgIpc) is 2.88. The Balaban J connectivity index is 2.03. The van der Waals surface area contributed by atoms with Crippen LogP contribution in [0.25, 0.3) is 5.65 Å². The highest BCUT2D eigenvalue weighted by Crippen LogP contribution is 2.24. The van der Waals surface area contributed by atoms with Crippen molar-refractivity contribution in [1.29, 1.82) is 5.41 Å². The Labute approximate surface area is 121 Å². The molecular formula is C14H15N7. The van der Waals surface area contributed by atoms with E-state index >= 15 is 0 Å². The third-order valence-corrected chi connectivity index (χ3v) is 3.36. The van der Waals surface area contributed by atoms with E-state index in [1.54, 1.807) is 6.20 Å². The number of nitrogens with two attached hydrogens (primary N) is 1. The maximum atomic E-state index is 7.42. The highest BCUT2D eigenvalue weighted by atomic mass is 15.3. The van der Waals surface area contributed by atoms with Crippen LogP contribution < -0.4 is 10.6 Å². The quantitative estimate of drug-likeness (QED) is 0.560. The van der Waals surface area contributed by atoms with Gasteiger partial charge in [-0.3, -0.25) is 9.81 Å². The molecule has 2 heterocycles. The minimum absolute atomic E-state index is 0.0533. The summed E-state index contributed by atoms with van der Waals surface area (Å²) < 4.78 is 1.89. The lowest BCUT2D eigenvalue weighted by molar-refractivity contribution is 0.998. The highest BCUT2D eigenvalue weighted by Gasteiger charge is 2.13. The Morgan fingerprint density at radius 3 is 2.62 bits per heavy atom. The first-order valence-corrected chi connectivity index (χ1v) is 6.42. The number of hydrogen-bond acceptors (Lipinski definition) is 5. The summed E-state index contributed by atoms with van der Waals surface area (Å²) >= 11 is 0. The van der Waals surface area contributed by atoms with E-state index in [0.29, 0.717) is 17.0 Å². The van der Waals surface area contributed by atoms with Crippen LogP contribution in [0.1, 0.15) is 11.4 Å². The van der Waals surface area contributed by atoms with Gasteiger partial charge in [-0.25, -0.2) is 4.98 Å². The van der Waals surface area contributed by atoms with Gasteiger partial charge < -0.3 is 10.6 Å². The van der Waals surface area contributed by atoms with Crippen LogP contribution >= 0.6 is 0 Å². The molecule has 0 fully saturated rings. The molecule has 3 rings (SSSR count). The van der Waals surface area contributed by atoms with Gasteiger partial charge in [0.25, 0.3) is 0 Å². The van der Waals surface area contributed by atoms with Gasteiger partial charge in [-0.1, -0.05) is 0 Å². The number of nitrogen functional groups attached to an aromatic ring is 1. The molecule has 0 aliphatic heterocycles. The molecule has 0 saturated carbocycles. The summed E-state index contributed by atoms with van der Waals surface area (Å²) in [7, 11) is 1.91. The highest BCUT2D eigenvalue weighted by molar-refractivity contribution is 5.95. The zero-order valence-corrected chi connectivity index (χ0v) is 11.8. The first-order chi connectivity index (χ1) is 10.1. The SMILES string of the molecule is Cc1nnc2c(N(C)c3ccc(C(=N)N)cc3)nccn12. The number of fused-ring (bicyclic) bond motifs is 1. The van der Waals surface area contributed by atoms with E-state index in [0.717, 1.165) is 11.5 Å². The standard InChI is InChI=1S/C14H15N7/c1-9-18-19-14-13(17-7-8-21(9)14)20(2)11-5-3-10(4-6-11)12(15)16/h3-8H,1-2H3,(H3,15,16). The number of amidine groups is 1. The first kappa shape index (κ1) is 13.0. The van der Waals surface area contributed by atoms with Crippen LogP contribution in [0.5, 0.6) is 0 Å². The number of aromatic nitrogens is 4. The van der Waals surface area contributed by atoms with E-state index in [9.17, 15) is 0 Å². The number of anilines is 2. The topological polar surface area (TPSA) is 96.2 Å². The minimum Gasteiger partial charge on any atom is -0.384 e. The molecule has 21 heavy (non-hydrogen) atoms. The first-order valence-electron chi connectivity index (χ1n) is 6.42. The number of rotatable bonds is 3. The number of benzene rings is 1. The van der Waals surface area contributed by atoms with Crippen molar-refractivity contribution in [2.75, 3.05) is 11.9 Å². The molecule has 106 valence electrons. The van der Waals surface area contributed by atoms with E-state index in [4.69, 9.17) is 11.1 Å². The van der Waals surface area contributed by atoms with Crippen LogP contribution in [-0.4, -0.2) is 32.5 Å². The third kappa shape index (κ3) is 2.18. The van der Waals surface area contributed by atoms with Crippen molar-refractivity contribution >= 4 is 23.0 Å². The average molecular weight is 281 g/mol. The Kier molecular flexibility index (Phi) is 3.02. The van der Waals surface area contributed by atoms with Crippen molar-refractivity contribution in [1.82, 2.24) is 19.6 Å². The summed E-state index contributed by atoms with van der Waals surface area (Å²) in [6.07, 6.45) is 3.56. The van der Waals surface area contributed by atoms with E-state index < -0.39 is 0 Å². The summed E-state index contributed by atoms with van der Waals surface area (Å²) in [5.41, 5.74) is 7.79. The third-order valence-electron chi connectivity index (χ3n) is 3.36. The summed E-state index contributed by atoms with van der Waals surface area (Å²) in [6, 6.07) is 7.41. The van der Waals surface area contributed by atoms with Gasteiger partial charge in [-0.2, -0.15) is 0 Å². The molecule has 0 aliphatic carbocycles. The number of hydrogen-bond donors (Lipinski definition) is 2. The second-order valence-corrected chi connectivity index (χ2v) is 4.71. The van der Waals surface area contributed by atoms with E-state index in [1.807, 2.05) is 53.7 Å². The lowest BCUT2D eigenvalue weighted by Gasteiger charge is -2.18. The van der Waals surface area contributed by atoms with Crippen molar-refractivity contribution < 1.29 is 0 Å². The number of aryl methyl sites for hydroxylation is 1. The van der Waals surface area contributed by atoms with Crippen LogP contribution in [0, 0.1) is 12.3 Å². The van der Waals surface area contributed by atoms with Gasteiger partial charge in [0.15, 0.2) is 5.82 Å². The second kappa shape index (κ2) is 4.86. The fourth-order valence-electron chi connectivity index (χ4n) is 2.15. The molecule has 0 saturated heterocycles. The fraction of sp³-hybridized carbons (Fsp3) is 0.143. The Morgan fingerprint density at radius 1 is 1.24 bits per heavy atom. The molecule has 0 aliphatic rings. The number of nitrogens with zero attached hydrogens (tertiary/aromatic N) is 5. The van der Waals surface area contributed by atoms with Crippen molar-refractivity contribution in [3.05, 3.63) is 48.0 Å². The zero-order chi connectivity index (χ0) is 15.0. The molecule has 7 nitrogen and oxygen atoms in total. The van der Waals surface area contributed by atoms with Crippen LogP contribution in [0.2, 0.25) is 0 Å². The molecular weight excluding hydrogens is 266 g/mol. The molecule has 3 N–H and O–H groups in total. The molecule has 7 heteroatoms. The van der Waals surface area contributed by atoms with Gasteiger partial charge in [-0.15, -0.1) is 10.2 Å². The van der Waals surface area contributed by atoms with E-state index in [-0.39, 0.29) is 5.84 Å². The Hall–Kier alpha value is -2.96. The van der Waals surface area contributed by atoms with Gasteiger partial charge >= 0.3 is 0 Å². The maximum absolute atomic E-state index is 7.42. The lowest BCUT2D eigenvalue weighted by Crippen LogP contribution is -2.14. The van der Waals surface area contributed by atoms with Gasteiger partial charge in [0.2, 0.25) is 5.65 Å². The van der Waals surface area contributed by atoms with Crippen molar-refractivity contribution in [2.24, 2.45) is 5.73 Å². The summed E-state index contributed by atoms with van der Waals surface area (Å²) in [5.74, 6) is 1.58. The molecule has 0 amide bonds. The molecule has 3 aromatic rings. The van der Waals surface area contributed by atoms with Crippen LogP contribution in [-0.2, 0) is 0 Å². The fourth-order valence-corrected chi connectivity index (χ4v) is 2.15. The minimum atomic E-state index is 0.0533. The van der Waals surface area contributed by atoms with Gasteiger partial charge in [0.1, 0.15) is 11.7 Å². The predicted octanol–water partition coefficient (Wildman–Crippen LogP) is 1.48. The Morgan fingerprint density at radius 2 is 1.95 bits per heavy atom. The molecule has 1 aromatic carbocycles. The smallest absolute Gasteiger partial charge is 0.204 e. The molecule has 0 spiro atoms.